The lowest BCUT2D eigenvalue weighted by Crippen LogP contribution is -2.42. The predicted octanol–water partition coefficient (Wildman–Crippen LogP) is 3.13. The van der Waals surface area contributed by atoms with Crippen LogP contribution in [-0.4, -0.2) is 24.2 Å². The molecule has 1 rings (SSSR count). The lowest BCUT2D eigenvalue weighted by molar-refractivity contribution is -0.137. The third-order valence-electron chi connectivity index (χ3n) is 2.38. The van der Waals surface area contributed by atoms with Gasteiger partial charge in [0.25, 0.3) is 0 Å². The third kappa shape index (κ3) is 4.03. The third-order valence-corrected chi connectivity index (χ3v) is 2.65. The van der Waals surface area contributed by atoms with Crippen LogP contribution >= 0.6 is 11.6 Å². The lowest BCUT2D eigenvalue weighted by atomic mass is 10.1. The Hall–Kier alpha value is -1.01. The minimum Gasteiger partial charge on any atom is -0.475 e. The number of rotatable bonds is 4. The lowest BCUT2D eigenvalue weighted by Gasteiger charge is -2.23. The Morgan fingerprint density at radius 3 is 2.44 bits per heavy atom. The molecular formula is C11H14ClF3N2O. The van der Waals surface area contributed by atoms with Crippen LogP contribution in [0.5, 0.6) is 5.88 Å². The van der Waals surface area contributed by atoms with E-state index in [1.807, 2.05) is 13.8 Å². The number of likely N-dealkylation sites (N-methyl/N-ethyl adjacent to an activating group) is 1. The van der Waals surface area contributed by atoms with Gasteiger partial charge in [0.05, 0.1) is 5.56 Å². The van der Waals surface area contributed by atoms with Crippen LogP contribution in [-0.2, 0) is 6.18 Å². The van der Waals surface area contributed by atoms with Gasteiger partial charge < -0.3 is 10.1 Å². The molecule has 102 valence electrons. The molecule has 3 nitrogen and oxygen atoms in total. The van der Waals surface area contributed by atoms with Crippen LogP contribution in [0.3, 0.4) is 0 Å². The maximum atomic E-state index is 12.4. The Bertz CT molecular complexity index is 421. The molecule has 0 saturated heterocycles. The Kier molecular flexibility index (Phi) is 4.45. The molecule has 0 spiro atoms. The molecule has 1 N–H and O–H groups in total. The number of pyridine rings is 1. The Balaban J connectivity index is 2.81. The highest BCUT2D eigenvalue weighted by molar-refractivity contribution is 6.31. The first-order chi connectivity index (χ1) is 8.15. The fourth-order valence-corrected chi connectivity index (χ4v) is 1.23. The smallest absolute Gasteiger partial charge is 0.417 e. The summed E-state index contributed by atoms with van der Waals surface area (Å²) in [6.07, 6.45) is -3.76. The van der Waals surface area contributed by atoms with Crippen LogP contribution in [0.15, 0.2) is 12.3 Å². The molecule has 0 bridgehead atoms. The van der Waals surface area contributed by atoms with Crippen molar-refractivity contribution in [3.05, 3.63) is 22.8 Å². The van der Waals surface area contributed by atoms with Crippen LogP contribution in [0.2, 0.25) is 5.02 Å². The second-order valence-electron chi connectivity index (χ2n) is 4.43. The van der Waals surface area contributed by atoms with Crippen molar-refractivity contribution in [2.45, 2.75) is 25.6 Å². The number of aromatic nitrogens is 1. The fraction of sp³-hybridized carbons (Fsp3) is 0.545. The van der Waals surface area contributed by atoms with Crippen LogP contribution in [0, 0.1) is 0 Å². The van der Waals surface area contributed by atoms with Gasteiger partial charge in [0.1, 0.15) is 11.6 Å². The molecule has 0 aliphatic carbocycles. The number of halogens is 4. The molecule has 1 heterocycles. The van der Waals surface area contributed by atoms with E-state index in [9.17, 15) is 13.2 Å². The van der Waals surface area contributed by atoms with Crippen LogP contribution in [0.1, 0.15) is 19.4 Å². The molecule has 0 saturated carbocycles. The van der Waals surface area contributed by atoms with Crippen LogP contribution < -0.4 is 10.1 Å². The normalized spacial score (nSPS) is 12.6. The van der Waals surface area contributed by atoms with Gasteiger partial charge >= 0.3 is 6.18 Å². The summed E-state index contributed by atoms with van der Waals surface area (Å²) >= 11 is 5.70. The maximum Gasteiger partial charge on any atom is 0.417 e. The molecule has 0 fully saturated rings. The quantitative estimate of drug-likeness (QED) is 0.921. The minimum atomic E-state index is -4.46. The molecule has 0 unspecified atom stereocenters. The molecule has 0 aliphatic rings. The largest absolute Gasteiger partial charge is 0.475 e. The van der Waals surface area contributed by atoms with Crippen LogP contribution in [0.25, 0.3) is 0 Å². The number of alkyl halides is 3. The summed E-state index contributed by atoms with van der Waals surface area (Å²) in [7, 11) is 1.76. The van der Waals surface area contributed by atoms with Gasteiger partial charge in [-0.15, -0.1) is 0 Å². The topological polar surface area (TPSA) is 34.1 Å². The zero-order valence-corrected chi connectivity index (χ0v) is 11.0. The highest BCUT2D eigenvalue weighted by Crippen LogP contribution is 2.33. The first-order valence-corrected chi connectivity index (χ1v) is 5.58. The van der Waals surface area contributed by atoms with Gasteiger partial charge in [-0.25, -0.2) is 4.98 Å². The summed E-state index contributed by atoms with van der Waals surface area (Å²) in [6.45, 7) is 4.00. The number of hydrogen-bond acceptors (Lipinski definition) is 3. The Morgan fingerprint density at radius 2 is 2.00 bits per heavy atom. The highest BCUT2D eigenvalue weighted by atomic mass is 35.5. The molecular weight excluding hydrogens is 269 g/mol. The van der Waals surface area contributed by atoms with Crippen molar-refractivity contribution in [3.8, 4) is 5.88 Å². The molecule has 1 aromatic rings. The Morgan fingerprint density at radius 1 is 1.39 bits per heavy atom. The Labute approximate surface area is 108 Å². The SMILES string of the molecule is CNC(C)(C)COc1ncc(C(F)(F)F)cc1Cl. The first-order valence-electron chi connectivity index (χ1n) is 5.20. The second kappa shape index (κ2) is 5.32. The average Bonchev–Trinajstić information content (AvgIpc) is 2.26. The van der Waals surface area contributed by atoms with Crippen molar-refractivity contribution in [1.29, 1.82) is 0 Å². The van der Waals surface area contributed by atoms with Crippen molar-refractivity contribution < 1.29 is 17.9 Å². The molecule has 0 atom stereocenters. The molecule has 0 amide bonds. The van der Waals surface area contributed by atoms with E-state index in [4.69, 9.17) is 16.3 Å². The van der Waals surface area contributed by atoms with E-state index in [2.05, 4.69) is 10.3 Å². The summed E-state index contributed by atoms with van der Waals surface area (Å²) in [5.74, 6) is -0.00649. The van der Waals surface area contributed by atoms with E-state index >= 15 is 0 Å². The maximum absolute atomic E-state index is 12.4. The zero-order valence-electron chi connectivity index (χ0n) is 10.2. The van der Waals surface area contributed by atoms with Crippen molar-refractivity contribution in [2.24, 2.45) is 0 Å². The van der Waals surface area contributed by atoms with E-state index in [1.165, 1.54) is 0 Å². The molecule has 0 aromatic carbocycles. The van der Waals surface area contributed by atoms with Gasteiger partial charge in [0.2, 0.25) is 5.88 Å². The van der Waals surface area contributed by atoms with Crippen molar-refractivity contribution in [1.82, 2.24) is 10.3 Å². The van der Waals surface area contributed by atoms with Gasteiger partial charge in [-0.05, 0) is 27.0 Å². The zero-order chi connectivity index (χ0) is 14.0. The van der Waals surface area contributed by atoms with E-state index < -0.39 is 11.7 Å². The second-order valence-corrected chi connectivity index (χ2v) is 4.84. The van der Waals surface area contributed by atoms with Crippen molar-refractivity contribution in [3.63, 3.8) is 0 Å². The van der Waals surface area contributed by atoms with Gasteiger partial charge in [-0.1, -0.05) is 11.6 Å². The molecule has 18 heavy (non-hydrogen) atoms. The van der Waals surface area contributed by atoms with Gasteiger partial charge in [-0.3, -0.25) is 0 Å². The van der Waals surface area contributed by atoms with Crippen molar-refractivity contribution in [2.75, 3.05) is 13.7 Å². The molecule has 7 heteroatoms. The molecule has 0 aliphatic heterocycles. The summed E-state index contributed by atoms with van der Waals surface area (Å²) < 4.78 is 42.4. The minimum absolute atomic E-state index is 0.00649. The van der Waals surface area contributed by atoms with E-state index in [0.29, 0.717) is 6.20 Å². The standard InChI is InChI=1S/C11H14ClF3N2O/c1-10(2,16-3)6-18-9-8(12)4-7(5-17-9)11(13,14)15/h4-5,16H,6H2,1-3H3. The van der Waals surface area contributed by atoms with Crippen LogP contribution in [0.4, 0.5) is 13.2 Å². The average molecular weight is 283 g/mol. The molecule has 0 radical (unpaired) electrons. The monoisotopic (exact) mass is 282 g/mol. The number of nitrogens with zero attached hydrogens (tertiary/aromatic N) is 1. The number of nitrogens with one attached hydrogen (secondary N) is 1. The first kappa shape index (κ1) is 15.0. The fourth-order valence-electron chi connectivity index (χ4n) is 1.01. The summed E-state index contributed by atoms with van der Waals surface area (Å²) in [4.78, 5) is 3.58. The summed E-state index contributed by atoms with van der Waals surface area (Å²) in [6, 6.07) is 0.802. The molecule has 1 aromatic heterocycles. The summed E-state index contributed by atoms with van der Waals surface area (Å²) in [5.41, 5.74) is -1.22. The van der Waals surface area contributed by atoms with E-state index in [0.717, 1.165) is 6.07 Å². The van der Waals surface area contributed by atoms with Crippen molar-refractivity contribution >= 4 is 11.6 Å². The summed E-state index contributed by atoms with van der Waals surface area (Å²) in [5, 5.41) is 2.83. The van der Waals surface area contributed by atoms with E-state index in [1.54, 1.807) is 7.05 Å². The highest BCUT2D eigenvalue weighted by Gasteiger charge is 2.31. The van der Waals surface area contributed by atoms with Gasteiger partial charge in [-0.2, -0.15) is 13.2 Å². The van der Waals surface area contributed by atoms with Gasteiger partial charge in [0, 0.05) is 11.7 Å². The number of hydrogen-bond donors (Lipinski definition) is 1. The number of ether oxygens (including phenoxy) is 1. The van der Waals surface area contributed by atoms with E-state index in [-0.39, 0.29) is 23.0 Å². The predicted molar refractivity (Wildman–Crippen MR) is 62.9 cm³/mol. The van der Waals surface area contributed by atoms with Gasteiger partial charge in [0.15, 0.2) is 0 Å².